The number of nitrogens with one attached hydrogen (secondary N) is 2. The van der Waals surface area contributed by atoms with Gasteiger partial charge in [-0.2, -0.15) is 0 Å². The summed E-state index contributed by atoms with van der Waals surface area (Å²) in [5.74, 6) is 0.546. The zero-order chi connectivity index (χ0) is 18.9. The number of hydrogen-bond donors (Lipinski definition) is 2. The highest BCUT2D eigenvalue weighted by Gasteiger charge is 2.13. The maximum atomic E-state index is 12.2. The fourth-order valence-electron chi connectivity index (χ4n) is 2.74. The Kier molecular flexibility index (Phi) is 7.21. The Labute approximate surface area is 154 Å². The summed E-state index contributed by atoms with van der Waals surface area (Å²) in [7, 11) is 1.62. The van der Waals surface area contributed by atoms with E-state index in [1.807, 2.05) is 56.3 Å². The van der Waals surface area contributed by atoms with Gasteiger partial charge in [-0.05, 0) is 42.7 Å². The monoisotopic (exact) mass is 354 g/mol. The average molecular weight is 354 g/mol. The summed E-state index contributed by atoms with van der Waals surface area (Å²) in [5.41, 5.74) is 2.59. The fraction of sp³-hybridized carbons (Fsp3) is 0.333. The van der Waals surface area contributed by atoms with Crippen molar-refractivity contribution in [2.75, 3.05) is 13.7 Å². The Bertz CT molecular complexity index is 741. The summed E-state index contributed by atoms with van der Waals surface area (Å²) < 4.78 is 5.16. The molecule has 0 spiro atoms. The van der Waals surface area contributed by atoms with Crippen molar-refractivity contribution in [3.63, 3.8) is 0 Å². The van der Waals surface area contributed by atoms with E-state index in [0.29, 0.717) is 12.1 Å². The van der Waals surface area contributed by atoms with Crippen LogP contribution in [0.3, 0.4) is 0 Å². The molecular weight excluding hydrogens is 328 g/mol. The van der Waals surface area contributed by atoms with Gasteiger partial charge in [-0.25, -0.2) is 0 Å². The van der Waals surface area contributed by atoms with Gasteiger partial charge in [0.05, 0.1) is 13.2 Å². The predicted molar refractivity (Wildman–Crippen MR) is 102 cm³/mol. The number of ether oxygens (including phenoxy) is 1. The lowest BCUT2D eigenvalue weighted by atomic mass is 10.0. The highest BCUT2D eigenvalue weighted by Crippen LogP contribution is 2.20. The Morgan fingerprint density at radius 3 is 2.38 bits per heavy atom. The summed E-state index contributed by atoms with van der Waals surface area (Å²) in [6.45, 7) is 4.22. The number of methoxy groups -OCH3 is 1. The molecule has 1 atom stereocenters. The van der Waals surface area contributed by atoms with Crippen LogP contribution in [0.4, 0.5) is 0 Å². The number of carbonyl (C=O) groups is 2. The van der Waals surface area contributed by atoms with Crippen molar-refractivity contribution < 1.29 is 14.3 Å². The van der Waals surface area contributed by atoms with Crippen molar-refractivity contribution in [3.05, 3.63) is 65.2 Å². The molecule has 2 aromatic rings. The van der Waals surface area contributed by atoms with Crippen LogP contribution in [0.15, 0.2) is 48.5 Å². The largest absolute Gasteiger partial charge is 0.497 e. The second-order valence-electron chi connectivity index (χ2n) is 6.12. The first-order chi connectivity index (χ1) is 12.5. The van der Waals surface area contributed by atoms with Crippen LogP contribution in [0.25, 0.3) is 0 Å². The summed E-state index contributed by atoms with van der Waals surface area (Å²) >= 11 is 0. The molecule has 0 fully saturated rings. The maximum Gasteiger partial charge on any atom is 0.251 e. The molecule has 2 aromatic carbocycles. The van der Waals surface area contributed by atoms with Gasteiger partial charge in [-0.15, -0.1) is 0 Å². The lowest BCUT2D eigenvalue weighted by Crippen LogP contribution is -2.33. The van der Waals surface area contributed by atoms with Crippen molar-refractivity contribution in [3.8, 4) is 5.75 Å². The lowest BCUT2D eigenvalue weighted by Gasteiger charge is -2.18. The first kappa shape index (κ1) is 19.5. The molecule has 0 aliphatic carbocycles. The minimum atomic E-state index is -0.155. The average Bonchev–Trinajstić information content (AvgIpc) is 2.66. The normalized spacial score (nSPS) is 11.5. The standard InChI is InChI=1S/C21H26N2O3/c1-4-19(16-9-11-17(26-3)12-10-16)23-20(24)13-14-22-21(25)18-8-6-5-7-15(18)2/h5-12,19H,4,13-14H2,1-3H3,(H,22,25)(H,23,24). The molecular formula is C21H26N2O3. The van der Waals surface area contributed by atoms with Crippen LogP contribution in [0.2, 0.25) is 0 Å². The quantitative estimate of drug-likeness (QED) is 0.763. The van der Waals surface area contributed by atoms with Crippen molar-refractivity contribution in [2.45, 2.75) is 32.7 Å². The van der Waals surface area contributed by atoms with Gasteiger partial charge in [0.1, 0.15) is 5.75 Å². The highest BCUT2D eigenvalue weighted by atomic mass is 16.5. The first-order valence-electron chi connectivity index (χ1n) is 8.82. The summed E-state index contributed by atoms with van der Waals surface area (Å²) in [6.07, 6.45) is 1.03. The van der Waals surface area contributed by atoms with E-state index in [0.717, 1.165) is 23.3 Å². The van der Waals surface area contributed by atoms with Gasteiger partial charge in [0.15, 0.2) is 0 Å². The first-order valence-corrected chi connectivity index (χ1v) is 8.82. The SMILES string of the molecule is CCC(NC(=O)CCNC(=O)c1ccccc1C)c1ccc(OC)cc1. The molecule has 0 heterocycles. The second-order valence-corrected chi connectivity index (χ2v) is 6.12. The zero-order valence-electron chi connectivity index (χ0n) is 15.5. The third kappa shape index (κ3) is 5.34. The third-order valence-electron chi connectivity index (χ3n) is 4.29. The zero-order valence-corrected chi connectivity index (χ0v) is 15.5. The molecule has 0 aliphatic rings. The van der Waals surface area contributed by atoms with E-state index in [9.17, 15) is 9.59 Å². The van der Waals surface area contributed by atoms with Crippen molar-refractivity contribution in [2.24, 2.45) is 0 Å². The molecule has 5 heteroatoms. The summed E-state index contributed by atoms with van der Waals surface area (Å²) in [5, 5.41) is 5.81. The molecule has 1 unspecified atom stereocenters. The molecule has 0 saturated carbocycles. The highest BCUT2D eigenvalue weighted by molar-refractivity contribution is 5.95. The minimum absolute atomic E-state index is 0.0551. The third-order valence-corrected chi connectivity index (χ3v) is 4.29. The number of aryl methyl sites for hydroxylation is 1. The van der Waals surface area contributed by atoms with E-state index < -0.39 is 0 Å². The van der Waals surface area contributed by atoms with Gasteiger partial charge in [0, 0.05) is 18.5 Å². The molecule has 0 saturated heterocycles. The molecule has 26 heavy (non-hydrogen) atoms. The van der Waals surface area contributed by atoms with Gasteiger partial charge in [-0.1, -0.05) is 37.3 Å². The van der Waals surface area contributed by atoms with Crippen molar-refractivity contribution >= 4 is 11.8 Å². The van der Waals surface area contributed by atoms with E-state index in [1.165, 1.54) is 0 Å². The van der Waals surface area contributed by atoms with Crippen LogP contribution in [0.5, 0.6) is 5.75 Å². The fourth-order valence-corrected chi connectivity index (χ4v) is 2.74. The molecule has 0 aliphatic heterocycles. The lowest BCUT2D eigenvalue weighted by molar-refractivity contribution is -0.121. The predicted octanol–water partition coefficient (Wildman–Crippen LogP) is 3.39. The molecule has 0 aromatic heterocycles. The second kappa shape index (κ2) is 9.61. The molecule has 0 bridgehead atoms. The molecule has 138 valence electrons. The number of hydrogen-bond acceptors (Lipinski definition) is 3. The Hall–Kier alpha value is -2.82. The van der Waals surface area contributed by atoms with Crippen molar-refractivity contribution in [1.29, 1.82) is 0 Å². The summed E-state index contributed by atoms with van der Waals surface area (Å²) in [4.78, 5) is 24.4. The van der Waals surface area contributed by atoms with Crippen molar-refractivity contribution in [1.82, 2.24) is 10.6 Å². The van der Waals surface area contributed by atoms with E-state index in [2.05, 4.69) is 10.6 Å². The minimum Gasteiger partial charge on any atom is -0.497 e. The number of carbonyl (C=O) groups excluding carboxylic acids is 2. The molecule has 5 nitrogen and oxygen atoms in total. The maximum absolute atomic E-state index is 12.2. The smallest absolute Gasteiger partial charge is 0.251 e. The number of amides is 2. The van der Waals surface area contributed by atoms with Crippen LogP contribution in [0, 0.1) is 6.92 Å². The van der Waals surface area contributed by atoms with Gasteiger partial charge in [0.25, 0.3) is 5.91 Å². The number of rotatable bonds is 8. The summed E-state index contributed by atoms with van der Waals surface area (Å²) in [6, 6.07) is 15.0. The van der Waals surface area contributed by atoms with Gasteiger partial charge < -0.3 is 15.4 Å². The Morgan fingerprint density at radius 1 is 1.08 bits per heavy atom. The Balaban J connectivity index is 1.83. The van der Waals surface area contributed by atoms with Crippen LogP contribution in [0.1, 0.15) is 47.3 Å². The van der Waals surface area contributed by atoms with E-state index in [-0.39, 0.29) is 24.3 Å². The molecule has 2 N–H and O–H groups in total. The molecule has 2 amide bonds. The topological polar surface area (TPSA) is 67.4 Å². The van der Waals surface area contributed by atoms with Crippen LogP contribution < -0.4 is 15.4 Å². The Morgan fingerprint density at radius 2 is 1.77 bits per heavy atom. The van der Waals surface area contributed by atoms with Crippen LogP contribution in [-0.2, 0) is 4.79 Å². The van der Waals surface area contributed by atoms with Gasteiger partial charge in [-0.3, -0.25) is 9.59 Å². The van der Waals surface area contributed by atoms with E-state index >= 15 is 0 Å². The van der Waals surface area contributed by atoms with Crippen LogP contribution in [-0.4, -0.2) is 25.5 Å². The van der Waals surface area contributed by atoms with E-state index in [1.54, 1.807) is 13.2 Å². The number of benzene rings is 2. The van der Waals surface area contributed by atoms with Crippen LogP contribution >= 0.6 is 0 Å². The molecule has 2 rings (SSSR count). The van der Waals surface area contributed by atoms with Gasteiger partial charge in [0.2, 0.25) is 5.91 Å². The molecule has 0 radical (unpaired) electrons. The van der Waals surface area contributed by atoms with E-state index in [4.69, 9.17) is 4.74 Å². The van der Waals surface area contributed by atoms with Gasteiger partial charge >= 0.3 is 0 Å².